The molecular weight excluding hydrogens is 176 g/mol. The fourth-order valence-electron chi connectivity index (χ4n) is 2.61. The molecule has 2 rings (SSSR count). The van der Waals surface area contributed by atoms with E-state index in [2.05, 4.69) is 6.58 Å². The van der Waals surface area contributed by atoms with Gasteiger partial charge in [-0.2, -0.15) is 0 Å². The topological polar surface area (TPSA) is 37.3 Å². The predicted molar refractivity (Wildman–Crippen MR) is 54.7 cm³/mol. The summed E-state index contributed by atoms with van der Waals surface area (Å²) in [5.41, 5.74) is 0.860. The van der Waals surface area contributed by atoms with Crippen LogP contribution in [-0.2, 0) is 4.79 Å². The summed E-state index contributed by atoms with van der Waals surface area (Å²) in [6.07, 6.45) is 5.29. The molecule has 0 bridgehead atoms. The van der Waals surface area contributed by atoms with Crippen LogP contribution in [0, 0.1) is 11.3 Å². The van der Waals surface area contributed by atoms with Crippen LogP contribution in [0.2, 0.25) is 0 Å². The van der Waals surface area contributed by atoms with Crippen molar-refractivity contribution in [2.24, 2.45) is 11.3 Å². The Morgan fingerprint density at radius 1 is 1.64 bits per heavy atom. The summed E-state index contributed by atoms with van der Waals surface area (Å²) in [4.78, 5) is 11.3. The summed E-state index contributed by atoms with van der Waals surface area (Å²) < 4.78 is 0. The zero-order valence-electron chi connectivity index (χ0n) is 8.49. The van der Waals surface area contributed by atoms with Crippen LogP contribution in [0.15, 0.2) is 24.3 Å². The molecule has 1 fully saturated rings. The van der Waals surface area contributed by atoms with Crippen LogP contribution in [-0.4, -0.2) is 17.0 Å². The molecule has 0 heterocycles. The average Bonchev–Trinajstić information content (AvgIpc) is 2.16. The fraction of sp³-hybridized carbons (Fsp3) is 0.583. The van der Waals surface area contributed by atoms with E-state index in [0.29, 0.717) is 6.42 Å². The molecule has 0 saturated heterocycles. The van der Waals surface area contributed by atoms with Gasteiger partial charge in [-0.25, -0.2) is 0 Å². The van der Waals surface area contributed by atoms with Gasteiger partial charge in [0.15, 0.2) is 5.78 Å². The average molecular weight is 192 g/mol. The van der Waals surface area contributed by atoms with Crippen LogP contribution in [0.3, 0.4) is 0 Å². The maximum Gasteiger partial charge on any atom is 0.156 e. The van der Waals surface area contributed by atoms with Crippen LogP contribution in [0.1, 0.15) is 26.2 Å². The molecule has 2 aliphatic carbocycles. The first-order valence-electron chi connectivity index (χ1n) is 5.12. The van der Waals surface area contributed by atoms with Gasteiger partial charge < -0.3 is 5.11 Å². The third-order valence-electron chi connectivity index (χ3n) is 3.73. The first-order valence-corrected chi connectivity index (χ1v) is 5.12. The molecule has 0 amide bonds. The first kappa shape index (κ1) is 9.66. The van der Waals surface area contributed by atoms with Crippen molar-refractivity contribution in [3.05, 3.63) is 24.3 Å². The van der Waals surface area contributed by atoms with Crippen molar-refractivity contribution in [3.63, 3.8) is 0 Å². The van der Waals surface area contributed by atoms with Crippen LogP contribution in [0.5, 0.6) is 0 Å². The van der Waals surface area contributed by atoms with Crippen molar-refractivity contribution < 1.29 is 9.90 Å². The standard InChI is InChI=1S/C12H16O2/c1-8-3-4-11(14)12(2)6-5-9(13)7-10(8)12/h5-6,10-11,14H,1,3-4,7H2,2H3/t10-,11+,12+/m0/s1. The molecule has 0 aromatic heterocycles. The molecule has 0 unspecified atom stereocenters. The molecule has 3 atom stereocenters. The minimum absolute atomic E-state index is 0.142. The minimum Gasteiger partial charge on any atom is -0.392 e. The highest BCUT2D eigenvalue weighted by atomic mass is 16.3. The zero-order chi connectivity index (χ0) is 10.3. The lowest BCUT2D eigenvalue weighted by molar-refractivity contribution is -0.118. The lowest BCUT2D eigenvalue weighted by Gasteiger charge is -2.46. The second-order valence-corrected chi connectivity index (χ2v) is 4.64. The summed E-state index contributed by atoms with van der Waals surface area (Å²) in [6.45, 7) is 6.04. The minimum atomic E-state index is -0.331. The molecule has 1 saturated carbocycles. The number of aliphatic hydroxyl groups is 1. The second kappa shape index (κ2) is 3.06. The Kier molecular flexibility index (Phi) is 2.11. The molecule has 0 aromatic carbocycles. The Labute approximate surface area is 84.3 Å². The van der Waals surface area contributed by atoms with Gasteiger partial charge in [0.05, 0.1) is 6.10 Å². The van der Waals surface area contributed by atoms with Gasteiger partial charge >= 0.3 is 0 Å². The van der Waals surface area contributed by atoms with Crippen LogP contribution < -0.4 is 0 Å². The van der Waals surface area contributed by atoms with E-state index in [-0.39, 0.29) is 23.2 Å². The van der Waals surface area contributed by atoms with Crippen molar-refractivity contribution >= 4 is 5.78 Å². The molecule has 0 spiro atoms. The van der Waals surface area contributed by atoms with E-state index in [0.717, 1.165) is 18.4 Å². The van der Waals surface area contributed by atoms with Gasteiger partial charge in [0.1, 0.15) is 0 Å². The normalized spacial score (nSPS) is 42.4. The third-order valence-corrected chi connectivity index (χ3v) is 3.73. The van der Waals surface area contributed by atoms with E-state index in [4.69, 9.17) is 0 Å². The van der Waals surface area contributed by atoms with Gasteiger partial charge in [-0.1, -0.05) is 25.2 Å². The van der Waals surface area contributed by atoms with E-state index in [1.165, 1.54) is 0 Å². The van der Waals surface area contributed by atoms with Crippen molar-refractivity contribution in [1.82, 2.24) is 0 Å². The molecular formula is C12H16O2. The second-order valence-electron chi connectivity index (χ2n) is 4.64. The first-order chi connectivity index (χ1) is 6.54. The number of hydrogen-bond acceptors (Lipinski definition) is 2. The Hall–Kier alpha value is -0.890. The maximum absolute atomic E-state index is 11.3. The number of carbonyl (C=O) groups excluding carboxylic acids is 1. The van der Waals surface area contributed by atoms with Crippen molar-refractivity contribution in [2.75, 3.05) is 0 Å². The monoisotopic (exact) mass is 192 g/mol. The molecule has 14 heavy (non-hydrogen) atoms. The molecule has 1 N–H and O–H groups in total. The summed E-state index contributed by atoms with van der Waals surface area (Å²) in [7, 11) is 0. The van der Waals surface area contributed by atoms with Gasteiger partial charge in [-0.05, 0) is 24.8 Å². The van der Waals surface area contributed by atoms with Gasteiger partial charge in [0, 0.05) is 11.8 Å². The largest absolute Gasteiger partial charge is 0.392 e. The molecule has 2 nitrogen and oxygen atoms in total. The number of rotatable bonds is 0. The van der Waals surface area contributed by atoms with Crippen LogP contribution >= 0.6 is 0 Å². The van der Waals surface area contributed by atoms with Gasteiger partial charge in [0.2, 0.25) is 0 Å². The van der Waals surface area contributed by atoms with E-state index in [1.807, 2.05) is 13.0 Å². The summed E-state index contributed by atoms with van der Waals surface area (Å²) >= 11 is 0. The van der Waals surface area contributed by atoms with Gasteiger partial charge in [-0.3, -0.25) is 4.79 Å². The number of hydrogen-bond donors (Lipinski definition) is 1. The SMILES string of the molecule is C=C1CC[C@@H](O)[C@]2(C)C=CC(=O)C[C@@H]12. The Morgan fingerprint density at radius 3 is 3.07 bits per heavy atom. The quantitative estimate of drug-likeness (QED) is 0.595. The van der Waals surface area contributed by atoms with E-state index in [9.17, 15) is 9.90 Å². The van der Waals surface area contributed by atoms with Crippen molar-refractivity contribution in [3.8, 4) is 0 Å². The lowest BCUT2D eigenvalue weighted by Crippen LogP contribution is -2.44. The van der Waals surface area contributed by atoms with E-state index in [1.54, 1.807) is 6.08 Å². The number of carbonyl (C=O) groups is 1. The lowest BCUT2D eigenvalue weighted by atomic mass is 9.60. The Morgan fingerprint density at radius 2 is 2.36 bits per heavy atom. The highest BCUT2D eigenvalue weighted by Gasteiger charge is 2.45. The molecule has 76 valence electrons. The summed E-state index contributed by atoms with van der Waals surface area (Å²) in [6, 6.07) is 0. The van der Waals surface area contributed by atoms with Crippen molar-refractivity contribution in [1.29, 1.82) is 0 Å². The fourth-order valence-corrected chi connectivity index (χ4v) is 2.61. The van der Waals surface area contributed by atoms with E-state index < -0.39 is 0 Å². The van der Waals surface area contributed by atoms with E-state index >= 15 is 0 Å². The number of aliphatic hydroxyl groups excluding tert-OH is 1. The van der Waals surface area contributed by atoms with Crippen molar-refractivity contribution in [2.45, 2.75) is 32.3 Å². The van der Waals surface area contributed by atoms with Crippen LogP contribution in [0.25, 0.3) is 0 Å². The third kappa shape index (κ3) is 1.25. The number of ketones is 1. The maximum atomic E-state index is 11.3. The number of fused-ring (bicyclic) bond motifs is 1. The predicted octanol–water partition coefficient (Wildman–Crippen LogP) is 1.85. The molecule has 0 aromatic rings. The Balaban J connectivity index is 2.39. The highest BCUT2D eigenvalue weighted by molar-refractivity contribution is 5.91. The van der Waals surface area contributed by atoms with Crippen LogP contribution in [0.4, 0.5) is 0 Å². The summed E-state index contributed by atoms with van der Waals surface area (Å²) in [5, 5.41) is 9.96. The molecule has 2 heteroatoms. The van der Waals surface area contributed by atoms with Gasteiger partial charge in [0.25, 0.3) is 0 Å². The highest BCUT2D eigenvalue weighted by Crippen LogP contribution is 2.48. The number of allylic oxidation sites excluding steroid dienone is 2. The summed E-state index contributed by atoms with van der Waals surface area (Å²) in [5.74, 6) is 0.298. The smallest absolute Gasteiger partial charge is 0.156 e. The Bertz CT molecular complexity index is 316. The molecule has 0 aliphatic heterocycles. The molecule has 0 radical (unpaired) electrons. The zero-order valence-corrected chi connectivity index (χ0v) is 8.49. The van der Waals surface area contributed by atoms with Gasteiger partial charge in [-0.15, -0.1) is 0 Å². The molecule has 2 aliphatic rings.